The average Bonchev–Trinajstić information content (AvgIpc) is 2.84. The summed E-state index contributed by atoms with van der Waals surface area (Å²) in [6.07, 6.45) is 5.80. The fourth-order valence-electron chi connectivity index (χ4n) is 2.10. The average molecular weight is 245 g/mol. The summed E-state index contributed by atoms with van der Waals surface area (Å²) in [6, 6.07) is 0.371. The van der Waals surface area contributed by atoms with Crippen LogP contribution in [0.4, 0.5) is 0 Å². The number of methoxy groups -OCH3 is 1. The van der Waals surface area contributed by atoms with Crippen LogP contribution in [0.5, 0.6) is 0 Å². The number of aliphatic hydroxyl groups excluding tert-OH is 1. The van der Waals surface area contributed by atoms with Gasteiger partial charge in [0.2, 0.25) is 0 Å². The van der Waals surface area contributed by atoms with Crippen LogP contribution in [-0.4, -0.2) is 50.2 Å². The fraction of sp³-hybridized carbons (Fsp3) is 1.00. The van der Waals surface area contributed by atoms with Crippen molar-refractivity contribution in [2.45, 2.75) is 57.3 Å². The minimum Gasteiger partial charge on any atom is -0.389 e. The van der Waals surface area contributed by atoms with E-state index in [9.17, 15) is 5.11 Å². The van der Waals surface area contributed by atoms with Crippen LogP contribution in [0, 0.1) is 0 Å². The summed E-state index contributed by atoms with van der Waals surface area (Å²) in [5, 5.41) is 13.0. The molecule has 1 aliphatic carbocycles. The van der Waals surface area contributed by atoms with Gasteiger partial charge in [0.15, 0.2) is 0 Å². The van der Waals surface area contributed by atoms with Crippen LogP contribution >= 0.6 is 0 Å². The van der Waals surface area contributed by atoms with Crippen LogP contribution in [-0.2, 0) is 9.47 Å². The van der Waals surface area contributed by atoms with E-state index in [0.717, 1.165) is 25.9 Å². The van der Waals surface area contributed by atoms with Crippen molar-refractivity contribution < 1.29 is 14.6 Å². The summed E-state index contributed by atoms with van der Waals surface area (Å²) in [4.78, 5) is 0. The molecule has 4 heteroatoms. The molecule has 0 amide bonds. The number of rotatable bonds is 9. The normalized spacial score (nSPS) is 20.6. The first-order chi connectivity index (χ1) is 8.22. The van der Waals surface area contributed by atoms with Crippen LogP contribution in [0.25, 0.3) is 0 Å². The van der Waals surface area contributed by atoms with Gasteiger partial charge in [0.05, 0.1) is 18.8 Å². The van der Waals surface area contributed by atoms with Crippen molar-refractivity contribution in [3.63, 3.8) is 0 Å². The highest BCUT2D eigenvalue weighted by Crippen LogP contribution is 2.20. The minimum absolute atomic E-state index is 0.371. The smallest absolute Gasteiger partial charge is 0.0897 e. The molecule has 2 N–H and O–H groups in total. The van der Waals surface area contributed by atoms with Gasteiger partial charge < -0.3 is 19.9 Å². The molecule has 0 radical (unpaired) electrons. The molecule has 1 rings (SSSR count). The van der Waals surface area contributed by atoms with Gasteiger partial charge in [0.25, 0.3) is 0 Å². The summed E-state index contributed by atoms with van der Waals surface area (Å²) in [5.74, 6) is 0. The predicted octanol–water partition coefficient (Wildman–Crippen LogP) is 1.32. The van der Waals surface area contributed by atoms with Crippen LogP contribution < -0.4 is 5.32 Å². The Morgan fingerprint density at radius 3 is 2.71 bits per heavy atom. The monoisotopic (exact) mass is 245 g/mol. The highest BCUT2D eigenvalue weighted by atomic mass is 16.5. The van der Waals surface area contributed by atoms with Gasteiger partial charge in [-0.2, -0.15) is 0 Å². The van der Waals surface area contributed by atoms with E-state index in [-0.39, 0.29) is 0 Å². The van der Waals surface area contributed by atoms with E-state index in [1.165, 1.54) is 12.8 Å². The maximum absolute atomic E-state index is 9.77. The zero-order chi connectivity index (χ0) is 12.5. The molecule has 0 heterocycles. The summed E-state index contributed by atoms with van der Waals surface area (Å²) in [7, 11) is 1.71. The minimum atomic E-state index is -0.402. The number of nitrogens with one attached hydrogen (secondary N) is 1. The fourth-order valence-corrected chi connectivity index (χ4v) is 2.10. The van der Waals surface area contributed by atoms with Crippen LogP contribution in [0.15, 0.2) is 0 Å². The van der Waals surface area contributed by atoms with E-state index in [0.29, 0.717) is 25.3 Å². The van der Waals surface area contributed by atoms with E-state index < -0.39 is 6.10 Å². The lowest BCUT2D eigenvalue weighted by Crippen LogP contribution is -2.37. The summed E-state index contributed by atoms with van der Waals surface area (Å²) in [5.41, 5.74) is 0. The zero-order valence-electron chi connectivity index (χ0n) is 11.2. The Hall–Kier alpha value is -0.160. The molecule has 2 unspecified atom stereocenters. The largest absolute Gasteiger partial charge is 0.389 e. The van der Waals surface area contributed by atoms with E-state index >= 15 is 0 Å². The molecular weight excluding hydrogens is 218 g/mol. The molecule has 0 aromatic carbocycles. The van der Waals surface area contributed by atoms with Crippen molar-refractivity contribution >= 4 is 0 Å². The van der Waals surface area contributed by atoms with E-state index in [4.69, 9.17) is 9.47 Å². The molecule has 0 saturated heterocycles. The third-order valence-corrected chi connectivity index (χ3v) is 3.28. The van der Waals surface area contributed by atoms with Crippen molar-refractivity contribution in [1.82, 2.24) is 5.32 Å². The first-order valence-corrected chi connectivity index (χ1v) is 6.74. The molecule has 0 aromatic rings. The Kier molecular flexibility index (Phi) is 7.77. The first kappa shape index (κ1) is 14.9. The van der Waals surface area contributed by atoms with Gasteiger partial charge in [0.1, 0.15) is 0 Å². The van der Waals surface area contributed by atoms with Crippen LogP contribution in [0.3, 0.4) is 0 Å². The van der Waals surface area contributed by atoms with E-state index in [2.05, 4.69) is 12.2 Å². The molecule has 1 aliphatic rings. The van der Waals surface area contributed by atoms with Gasteiger partial charge in [-0.05, 0) is 26.2 Å². The van der Waals surface area contributed by atoms with Gasteiger partial charge in [-0.25, -0.2) is 0 Å². The molecule has 102 valence electrons. The third-order valence-electron chi connectivity index (χ3n) is 3.28. The summed E-state index contributed by atoms with van der Waals surface area (Å²) >= 11 is 0. The molecule has 1 saturated carbocycles. The zero-order valence-corrected chi connectivity index (χ0v) is 11.2. The van der Waals surface area contributed by atoms with Crippen molar-refractivity contribution in [2.75, 3.05) is 26.9 Å². The number of hydrogen-bond donors (Lipinski definition) is 2. The molecule has 0 spiro atoms. The summed E-state index contributed by atoms with van der Waals surface area (Å²) in [6.45, 7) is 3.90. The first-order valence-electron chi connectivity index (χ1n) is 6.74. The maximum atomic E-state index is 9.77. The maximum Gasteiger partial charge on any atom is 0.0897 e. The lowest BCUT2D eigenvalue weighted by atomic mass is 10.2. The number of aliphatic hydroxyl groups is 1. The lowest BCUT2D eigenvalue weighted by molar-refractivity contribution is -0.00632. The quantitative estimate of drug-likeness (QED) is 0.643. The molecule has 2 atom stereocenters. The predicted molar refractivity (Wildman–Crippen MR) is 68.2 cm³/mol. The summed E-state index contributed by atoms with van der Waals surface area (Å²) < 4.78 is 10.7. The Labute approximate surface area is 105 Å². The standard InChI is InChI=1S/C13H27NO3/c1-11(7-8-16-2)14-9-12(15)10-17-13-5-3-4-6-13/h11-15H,3-10H2,1-2H3. The van der Waals surface area contributed by atoms with Crippen LogP contribution in [0.2, 0.25) is 0 Å². The molecule has 4 nitrogen and oxygen atoms in total. The van der Waals surface area contributed by atoms with E-state index in [1.54, 1.807) is 7.11 Å². The van der Waals surface area contributed by atoms with Gasteiger partial charge in [0, 0.05) is 26.3 Å². The Morgan fingerprint density at radius 2 is 2.06 bits per heavy atom. The van der Waals surface area contributed by atoms with Crippen molar-refractivity contribution in [3.05, 3.63) is 0 Å². The second kappa shape index (κ2) is 8.86. The molecule has 1 fully saturated rings. The third kappa shape index (κ3) is 6.99. The topological polar surface area (TPSA) is 50.7 Å². The van der Waals surface area contributed by atoms with Crippen molar-refractivity contribution in [1.29, 1.82) is 0 Å². The number of hydrogen-bond acceptors (Lipinski definition) is 4. The lowest BCUT2D eigenvalue weighted by Gasteiger charge is -2.18. The Bertz CT molecular complexity index is 184. The molecule has 0 bridgehead atoms. The molecule has 0 aliphatic heterocycles. The van der Waals surface area contributed by atoms with Crippen molar-refractivity contribution in [3.8, 4) is 0 Å². The second-order valence-corrected chi connectivity index (χ2v) is 4.98. The highest BCUT2D eigenvalue weighted by molar-refractivity contribution is 4.69. The van der Waals surface area contributed by atoms with Crippen molar-refractivity contribution in [2.24, 2.45) is 0 Å². The Balaban J connectivity index is 1.97. The molecular formula is C13H27NO3. The molecule has 17 heavy (non-hydrogen) atoms. The molecule has 0 aromatic heterocycles. The number of ether oxygens (including phenoxy) is 2. The highest BCUT2D eigenvalue weighted by Gasteiger charge is 2.17. The van der Waals surface area contributed by atoms with Gasteiger partial charge >= 0.3 is 0 Å². The van der Waals surface area contributed by atoms with Gasteiger partial charge in [-0.1, -0.05) is 12.8 Å². The Morgan fingerprint density at radius 1 is 1.35 bits per heavy atom. The van der Waals surface area contributed by atoms with Crippen LogP contribution in [0.1, 0.15) is 39.0 Å². The second-order valence-electron chi connectivity index (χ2n) is 4.98. The van der Waals surface area contributed by atoms with Gasteiger partial charge in [-0.15, -0.1) is 0 Å². The van der Waals surface area contributed by atoms with E-state index in [1.807, 2.05) is 0 Å². The van der Waals surface area contributed by atoms with Gasteiger partial charge in [-0.3, -0.25) is 0 Å². The SMILES string of the molecule is COCCC(C)NCC(O)COC1CCCC1.